The van der Waals surface area contributed by atoms with Crippen LogP contribution >= 0.6 is 0 Å². The third-order valence-electron chi connectivity index (χ3n) is 3.85. The molecule has 0 saturated heterocycles. The Morgan fingerprint density at radius 3 is 2.00 bits per heavy atom. The van der Waals surface area contributed by atoms with Gasteiger partial charge in [-0.05, 0) is 36.4 Å². The van der Waals surface area contributed by atoms with Gasteiger partial charge in [0.2, 0.25) is 17.7 Å². The Kier molecular flexibility index (Phi) is 6.97. The maximum absolute atomic E-state index is 12.5. The molecule has 0 heterocycles. The monoisotopic (exact) mass is 385 g/mol. The fourth-order valence-corrected chi connectivity index (χ4v) is 2.56. The van der Waals surface area contributed by atoms with Gasteiger partial charge in [0.25, 0.3) is 0 Å². The molecule has 148 valence electrons. The van der Waals surface area contributed by atoms with Crippen molar-refractivity contribution in [2.45, 2.75) is 13.8 Å². The maximum Gasteiger partial charge on any atom is 0.244 e. The van der Waals surface area contributed by atoms with E-state index in [0.717, 1.165) is 0 Å². The number of hydrogen-bond acceptors (Lipinski definition) is 5. The van der Waals surface area contributed by atoms with Gasteiger partial charge < -0.3 is 20.1 Å². The zero-order chi connectivity index (χ0) is 20.7. The summed E-state index contributed by atoms with van der Waals surface area (Å²) in [6, 6.07) is 11.7. The van der Waals surface area contributed by atoms with E-state index in [2.05, 4.69) is 10.6 Å². The normalized spacial score (nSPS) is 10.0. The smallest absolute Gasteiger partial charge is 0.244 e. The lowest BCUT2D eigenvalue weighted by molar-refractivity contribution is -0.120. The lowest BCUT2D eigenvalue weighted by atomic mass is 10.2. The van der Waals surface area contributed by atoms with Crippen LogP contribution in [0.15, 0.2) is 42.5 Å². The summed E-state index contributed by atoms with van der Waals surface area (Å²) in [5, 5.41) is 5.37. The lowest BCUT2D eigenvalue weighted by Crippen LogP contribution is -2.37. The summed E-state index contributed by atoms with van der Waals surface area (Å²) in [6.07, 6.45) is 0. The molecule has 2 aromatic carbocycles. The number of carbonyl (C=O) groups excluding carboxylic acids is 3. The van der Waals surface area contributed by atoms with Crippen LogP contribution < -0.4 is 25.0 Å². The van der Waals surface area contributed by atoms with Crippen LogP contribution in [0.3, 0.4) is 0 Å². The second-order valence-corrected chi connectivity index (χ2v) is 5.95. The van der Waals surface area contributed by atoms with Gasteiger partial charge in [-0.15, -0.1) is 0 Å². The van der Waals surface area contributed by atoms with Gasteiger partial charge in [0.1, 0.15) is 18.0 Å². The average Bonchev–Trinajstić information content (AvgIpc) is 2.66. The van der Waals surface area contributed by atoms with Crippen molar-refractivity contribution in [3.8, 4) is 11.5 Å². The SMILES string of the molecule is COc1ccc(OC)c(N(CC(=O)Nc2ccc(NC(C)=O)cc2)C(C)=O)c1. The van der Waals surface area contributed by atoms with E-state index in [9.17, 15) is 14.4 Å². The molecule has 0 unspecified atom stereocenters. The van der Waals surface area contributed by atoms with Gasteiger partial charge in [0, 0.05) is 31.3 Å². The van der Waals surface area contributed by atoms with Crippen molar-refractivity contribution < 1.29 is 23.9 Å². The average molecular weight is 385 g/mol. The zero-order valence-electron chi connectivity index (χ0n) is 16.2. The molecule has 0 spiro atoms. The van der Waals surface area contributed by atoms with Crippen molar-refractivity contribution in [3.05, 3.63) is 42.5 Å². The van der Waals surface area contributed by atoms with E-state index >= 15 is 0 Å². The van der Waals surface area contributed by atoms with Crippen LogP contribution in [-0.2, 0) is 14.4 Å². The Morgan fingerprint density at radius 1 is 0.893 bits per heavy atom. The van der Waals surface area contributed by atoms with Crippen molar-refractivity contribution in [2.24, 2.45) is 0 Å². The number of rotatable bonds is 7. The van der Waals surface area contributed by atoms with E-state index in [-0.39, 0.29) is 24.3 Å². The van der Waals surface area contributed by atoms with Crippen molar-refractivity contribution >= 4 is 34.8 Å². The molecule has 0 aliphatic carbocycles. The summed E-state index contributed by atoms with van der Waals surface area (Å²) in [5.74, 6) is 0.107. The van der Waals surface area contributed by atoms with E-state index in [0.29, 0.717) is 28.6 Å². The second-order valence-electron chi connectivity index (χ2n) is 5.95. The first-order valence-corrected chi connectivity index (χ1v) is 8.51. The molecule has 0 saturated carbocycles. The fourth-order valence-electron chi connectivity index (χ4n) is 2.56. The zero-order valence-corrected chi connectivity index (χ0v) is 16.2. The second kappa shape index (κ2) is 9.40. The Hall–Kier alpha value is -3.55. The Bertz CT molecular complexity index is 865. The topological polar surface area (TPSA) is 97.0 Å². The summed E-state index contributed by atoms with van der Waals surface area (Å²) < 4.78 is 10.5. The number of ether oxygens (including phenoxy) is 2. The molecule has 0 bridgehead atoms. The summed E-state index contributed by atoms with van der Waals surface area (Å²) in [7, 11) is 3.00. The van der Waals surface area contributed by atoms with Gasteiger partial charge >= 0.3 is 0 Å². The molecular weight excluding hydrogens is 362 g/mol. The fraction of sp³-hybridized carbons (Fsp3) is 0.250. The Morgan fingerprint density at radius 2 is 1.50 bits per heavy atom. The molecule has 3 amide bonds. The molecule has 0 fully saturated rings. The van der Waals surface area contributed by atoms with Gasteiger partial charge in [-0.1, -0.05) is 0 Å². The van der Waals surface area contributed by atoms with Gasteiger partial charge in [0.05, 0.1) is 19.9 Å². The minimum Gasteiger partial charge on any atom is -0.497 e. The highest BCUT2D eigenvalue weighted by molar-refractivity contribution is 6.02. The molecule has 2 aromatic rings. The van der Waals surface area contributed by atoms with Crippen molar-refractivity contribution in [1.82, 2.24) is 0 Å². The maximum atomic E-state index is 12.5. The van der Waals surface area contributed by atoms with E-state index in [1.165, 1.54) is 33.0 Å². The largest absolute Gasteiger partial charge is 0.497 e. The predicted octanol–water partition coefficient (Wildman–Crippen LogP) is 2.65. The lowest BCUT2D eigenvalue weighted by Gasteiger charge is -2.23. The van der Waals surface area contributed by atoms with Crippen LogP contribution in [0.25, 0.3) is 0 Å². The standard InChI is InChI=1S/C20H23N3O5/c1-13(24)21-15-5-7-16(8-6-15)22-20(26)12-23(14(2)25)18-11-17(27-3)9-10-19(18)28-4/h5-11H,12H2,1-4H3,(H,21,24)(H,22,26). The molecular formula is C20H23N3O5. The van der Waals surface area contributed by atoms with Gasteiger partial charge in [-0.3, -0.25) is 19.3 Å². The molecule has 0 radical (unpaired) electrons. The number of nitrogens with zero attached hydrogens (tertiary/aromatic N) is 1. The highest BCUT2D eigenvalue weighted by Crippen LogP contribution is 2.32. The van der Waals surface area contributed by atoms with Crippen molar-refractivity contribution in [3.63, 3.8) is 0 Å². The quantitative estimate of drug-likeness (QED) is 0.764. The Labute approximate surface area is 163 Å². The number of hydrogen-bond donors (Lipinski definition) is 2. The number of amides is 3. The third kappa shape index (κ3) is 5.47. The number of carbonyl (C=O) groups is 3. The van der Waals surface area contributed by atoms with Gasteiger partial charge in [-0.25, -0.2) is 0 Å². The molecule has 0 aliphatic rings. The van der Waals surface area contributed by atoms with Crippen molar-refractivity contribution in [2.75, 3.05) is 36.3 Å². The van der Waals surface area contributed by atoms with Crippen LogP contribution in [0.5, 0.6) is 11.5 Å². The highest BCUT2D eigenvalue weighted by atomic mass is 16.5. The third-order valence-corrected chi connectivity index (χ3v) is 3.85. The van der Waals surface area contributed by atoms with E-state index in [1.54, 1.807) is 42.5 Å². The first kappa shape index (κ1) is 20.8. The minimum absolute atomic E-state index is 0.180. The molecule has 2 N–H and O–H groups in total. The van der Waals surface area contributed by atoms with Crippen LogP contribution in [-0.4, -0.2) is 38.5 Å². The number of methoxy groups -OCH3 is 2. The van der Waals surface area contributed by atoms with Crippen LogP contribution in [0.4, 0.5) is 17.1 Å². The molecule has 2 rings (SSSR count). The van der Waals surface area contributed by atoms with Crippen LogP contribution in [0.1, 0.15) is 13.8 Å². The van der Waals surface area contributed by atoms with Crippen LogP contribution in [0.2, 0.25) is 0 Å². The summed E-state index contributed by atoms with van der Waals surface area (Å²) in [5.41, 5.74) is 1.60. The number of nitrogens with one attached hydrogen (secondary N) is 2. The molecule has 0 atom stereocenters. The predicted molar refractivity (Wildman–Crippen MR) is 107 cm³/mol. The summed E-state index contributed by atoms with van der Waals surface area (Å²) >= 11 is 0. The highest BCUT2D eigenvalue weighted by Gasteiger charge is 2.20. The summed E-state index contributed by atoms with van der Waals surface area (Å²) in [6.45, 7) is 2.58. The molecule has 0 aromatic heterocycles. The number of benzene rings is 2. The summed E-state index contributed by atoms with van der Waals surface area (Å²) in [4.78, 5) is 37.0. The Balaban J connectivity index is 2.15. The minimum atomic E-state index is -0.382. The van der Waals surface area contributed by atoms with E-state index in [1.807, 2.05) is 0 Å². The molecule has 0 aliphatic heterocycles. The van der Waals surface area contributed by atoms with Gasteiger partial charge in [0.15, 0.2) is 0 Å². The van der Waals surface area contributed by atoms with Crippen molar-refractivity contribution in [1.29, 1.82) is 0 Å². The van der Waals surface area contributed by atoms with E-state index < -0.39 is 0 Å². The molecule has 28 heavy (non-hydrogen) atoms. The number of anilines is 3. The van der Waals surface area contributed by atoms with Gasteiger partial charge in [-0.2, -0.15) is 0 Å². The first-order valence-electron chi connectivity index (χ1n) is 8.51. The molecule has 8 heteroatoms. The molecule has 8 nitrogen and oxygen atoms in total. The van der Waals surface area contributed by atoms with Crippen LogP contribution in [0, 0.1) is 0 Å². The van der Waals surface area contributed by atoms with E-state index in [4.69, 9.17) is 9.47 Å². The first-order chi connectivity index (χ1) is 13.3.